The summed E-state index contributed by atoms with van der Waals surface area (Å²) >= 11 is 3.36. The summed E-state index contributed by atoms with van der Waals surface area (Å²) in [5, 5.41) is 16.5. The summed E-state index contributed by atoms with van der Waals surface area (Å²) in [4.78, 5) is 0. The van der Waals surface area contributed by atoms with E-state index in [2.05, 4.69) is 26.2 Å². The SMILES string of the molecule is OCc1cn(CCOc2ccc(Br)cc2)nn1. The van der Waals surface area contributed by atoms with Crippen LogP contribution in [0.2, 0.25) is 0 Å². The largest absolute Gasteiger partial charge is 0.492 e. The molecule has 90 valence electrons. The highest BCUT2D eigenvalue weighted by molar-refractivity contribution is 9.10. The molecule has 17 heavy (non-hydrogen) atoms. The van der Waals surface area contributed by atoms with Crippen LogP contribution in [0.3, 0.4) is 0 Å². The zero-order valence-electron chi connectivity index (χ0n) is 9.08. The van der Waals surface area contributed by atoms with Gasteiger partial charge in [-0.2, -0.15) is 0 Å². The Kier molecular flexibility index (Phi) is 4.11. The van der Waals surface area contributed by atoms with Gasteiger partial charge in [0.15, 0.2) is 0 Å². The van der Waals surface area contributed by atoms with Gasteiger partial charge in [-0.15, -0.1) is 5.10 Å². The van der Waals surface area contributed by atoms with E-state index in [0.717, 1.165) is 10.2 Å². The first-order valence-electron chi connectivity index (χ1n) is 5.16. The summed E-state index contributed by atoms with van der Waals surface area (Å²) in [7, 11) is 0. The van der Waals surface area contributed by atoms with Gasteiger partial charge in [0.05, 0.1) is 19.3 Å². The summed E-state index contributed by atoms with van der Waals surface area (Å²) in [5.41, 5.74) is 0.564. The van der Waals surface area contributed by atoms with Crippen molar-refractivity contribution in [2.75, 3.05) is 6.61 Å². The van der Waals surface area contributed by atoms with E-state index >= 15 is 0 Å². The first kappa shape index (κ1) is 12.1. The molecule has 0 unspecified atom stereocenters. The van der Waals surface area contributed by atoms with Gasteiger partial charge in [0.2, 0.25) is 0 Å². The van der Waals surface area contributed by atoms with Gasteiger partial charge < -0.3 is 9.84 Å². The van der Waals surface area contributed by atoms with Crippen LogP contribution in [0.4, 0.5) is 0 Å². The Labute approximate surface area is 107 Å². The lowest BCUT2D eigenvalue weighted by molar-refractivity contribution is 0.276. The number of aliphatic hydroxyl groups excluding tert-OH is 1. The van der Waals surface area contributed by atoms with Crippen LogP contribution in [-0.2, 0) is 13.2 Å². The molecule has 0 amide bonds. The van der Waals surface area contributed by atoms with Gasteiger partial charge >= 0.3 is 0 Å². The number of aromatic nitrogens is 3. The molecule has 1 aromatic carbocycles. The lowest BCUT2D eigenvalue weighted by atomic mass is 10.3. The van der Waals surface area contributed by atoms with Crippen molar-refractivity contribution < 1.29 is 9.84 Å². The van der Waals surface area contributed by atoms with Crippen LogP contribution in [0.5, 0.6) is 5.75 Å². The third-order valence-electron chi connectivity index (χ3n) is 2.15. The lowest BCUT2D eigenvalue weighted by Gasteiger charge is -2.05. The molecule has 0 bridgehead atoms. The molecule has 1 aromatic heterocycles. The summed E-state index contributed by atoms with van der Waals surface area (Å²) < 4.78 is 8.20. The van der Waals surface area contributed by atoms with E-state index in [1.165, 1.54) is 0 Å². The van der Waals surface area contributed by atoms with Crippen LogP contribution in [0.1, 0.15) is 5.69 Å². The topological polar surface area (TPSA) is 60.2 Å². The van der Waals surface area contributed by atoms with E-state index in [-0.39, 0.29) is 6.61 Å². The van der Waals surface area contributed by atoms with E-state index in [1.54, 1.807) is 10.9 Å². The van der Waals surface area contributed by atoms with Crippen LogP contribution >= 0.6 is 15.9 Å². The second-order valence-electron chi connectivity index (χ2n) is 3.43. The van der Waals surface area contributed by atoms with Crippen molar-refractivity contribution in [2.24, 2.45) is 0 Å². The van der Waals surface area contributed by atoms with Crippen LogP contribution in [-0.4, -0.2) is 26.7 Å². The normalized spacial score (nSPS) is 10.5. The van der Waals surface area contributed by atoms with Gasteiger partial charge in [-0.25, -0.2) is 4.68 Å². The van der Waals surface area contributed by atoms with E-state index in [4.69, 9.17) is 9.84 Å². The molecule has 0 radical (unpaired) electrons. The Morgan fingerprint density at radius 3 is 2.71 bits per heavy atom. The second-order valence-corrected chi connectivity index (χ2v) is 4.35. The van der Waals surface area contributed by atoms with Gasteiger partial charge in [0.25, 0.3) is 0 Å². The molecule has 0 aliphatic rings. The average Bonchev–Trinajstić information content (AvgIpc) is 2.80. The lowest BCUT2D eigenvalue weighted by Crippen LogP contribution is -2.08. The minimum Gasteiger partial charge on any atom is -0.492 e. The van der Waals surface area contributed by atoms with Crippen molar-refractivity contribution in [3.05, 3.63) is 40.6 Å². The highest BCUT2D eigenvalue weighted by Crippen LogP contribution is 2.15. The van der Waals surface area contributed by atoms with E-state index in [1.807, 2.05) is 24.3 Å². The number of rotatable bonds is 5. The van der Waals surface area contributed by atoms with Crippen LogP contribution in [0.25, 0.3) is 0 Å². The number of halogens is 1. The molecule has 0 saturated carbocycles. The van der Waals surface area contributed by atoms with Crippen molar-refractivity contribution in [2.45, 2.75) is 13.2 Å². The minimum atomic E-state index is -0.0897. The Bertz CT molecular complexity index is 470. The van der Waals surface area contributed by atoms with Crippen LogP contribution < -0.4 is 4.74 Å². The van der Waals surface area contributed by atoms with Gasteiger partial charge in [-0.3, -0.25) is 0 Å². The predicted molar refractivity (Wildman–Crippen MR) is 65.6 cm³/mol. The third kappa shape index (κ3) is 3.54. The van der Waals surface area contributed by atoms with Gasteiger partial charge in [-0.1, -0.05) is 21.1 Å². The van der Waals surface area contributed by atoms with E-state index < -0.39 is 0 Å². The van der Waals surface area contributed by atoms with Crippen LogP contribution in [0, 0.1) is 0 Å². The molecular weight excluding hydrogens is 286 g/mol. The molecule has 0 aliphatic heterocycles. The fourth-order valence-electron chi connectivity index (χ4n) is 1.31. The first-order chi connectivity index (χ1) is 8.28. The molecule has 2 aromatic rings. The maximum absolute atomic E-state index is 8.83. The minimum absolute atomic E-state index is 0.0897. The van der Waals surface area contributed by atoms with Gasteiger partial charge in [0.1, 0.15) is 18.1 Å². The smallest absolute Gasteiger partial charge is 0.119 e. The highest BCUT2D eigenvalue weighted by atomic mass is 79.9. The van der Waals surface area contributed by atoms with Crippen molar-refractivity contribution in [1.82, 2.24) is 15.0 Å². The van der Waals surface area contributed by atoms with Crippen molar-refractivity contribution in [3.63, 3.8) is 0 Å². The van der Waals surface area contributed by atoms with Crippen molar-refractivity contribution in [1.29, 1.82) is 0 Å². The summed E-state index contributed by atoms with van der Waals surface area (Å²) in [6, 6.07) is 7.64. The fourth-order valence-corrected chi connectivity index (χ4v) is 1.57. The van der Waals surface area contributed by atoms with Crippen molar-refractivity contribution in [3.8, 4) is 5.75 Å². The molecule has 1 heterocycles. The van der Waals surface area contributed by atoms with Gasteiger partial charge in [0, 0.05) is 4.47 Å². The standard InChI is InChI=1S/C11H12BrN3O2/c12-9-1-3-11(4-2-9)17-6-5-15-7-10(8-16)13-14-15/h1-4,7,16H,5-6,8H2. The number of aliphatic hydroxyl groups is 1. The zero-order chi connectivity index (χ0) is 12.1. The second kappa shape index (κ2) is 5.79. The average molecular weight is 298 g/mol. The highest BCUT2D eigenvalue weighted by Gasteiger charge is 1.99. The monoisotopic (exact) mass is 297 g/mol. The number of hydrogen-bond donors (Lipinski definition) is 1. The quantitative estimate of drug-likeness (QED) is 0.911. The van der Waals surface area contributed by atoms with Gasteiger partial charge in [-0.05, 0) is 24.3 Å². The Hall–Kier alpha value is -1.40. The number of benzene rings is 1. The molecule has 1 N–H and O–H groups in total. The fraction of sp³-hybridized carbons (Fsp3) is 0.273. The molecule has 0 spiro atoms. The molecule has 2 rings (SSSR count). The number of hydrogen-bond acceptors (Lipinski definition) is 4. The number of nitrogens with zero attached hydrogens (tertiary/aromatic N) is 3. The molecule has 0 fully saturated rings. The summed E-state index contributed by atoms with van der Waals surface area (Å²) in [5.74, 6) is 0.815. The first-order valence-corrected chi connectivity index (χ1v) is 5.95. The molecule has 6 heteroatoms. The Morgan fingerprint density at radius 1 is 1.29 bits per heavy atom. The maximum atomic E-state index is 8.83. The third-order valence-corrected chi connectivity index (χ3v) is 2.68. The van der Waals surface area contributed by atoms with Crippen molar-refractivity contribution >= 4 is 15.9 Å². The molecule has 0 aliphatic carbocycles. The van der Waals surface area contributed by atoms with Crippen LogP contribution in [0.15, 0.2) is 34.9 Å². The molecule has 5 nitrogen and oxygen atoms in total. The maximum Gasteiger partial charge on any atom is 0.119 e. The van der Waals surface area contributed by atoms with E-state index in [9.17, 15) is 0 Å². The number of ether oxygens (including phenoxy) is 1. The zero-order valence-corrected chi connectivity index (χ0v) is 10.7. The molecule has 0 atom stereocenters. The molecule has 0 saturated heterocycles. The summed E-state index contributed by atoms with van der Waals surface area (Å²) in [6.07, 6.45) is 1.70. The van der Waals surface area contributed by atoms with E-state index in [0.29, 0.717) is 18.8 Å². The molecular formula is C11H12BrN3O2. The predicted octanol–water partition coefficient (Wildman–Crippen LogP) is 1.61. The Balaban J connectivity index is 1.81. The summed E-state index contributed by atoms with van der Waals surface area (Å²) in [6.45, 7) is 1.02. The Morgan fingerprint density at radius 2 is 2.06 bits per heavy atom.